The smallest absolute Gasteiger partial charge is 0.328 e. The van der Waals surface area contributed by atoms with E-state index in [1.807, 2.05) is 0 Å². The van der Waals surface area contributed by atoms with Crippen LogP contribution in [0, 0.1) is 0 Å². The summed E-state index contributed by atoms with van der Waals surface area (Å²) in [6.07, 6.45) is 47.3. The van der Waals surface area contributed by atoms with Gasteiger partial charge in [0.15, 0.2) is 0 Å². The van der Waals surface area contributed by atoms with E-state index in [0.717, 1.165) is 57.8 Å². The Bertz CT molecular complexity index is 946. The molecule has 0 fully saturated rings. The van der Waals surface area contributed by atoms with Crippen LogP contribution in [0.25, 0.3) is 0 Å². The van der Waals surface area contributed by atoms with Crippen molar-refractivity contribution in [2.24, 2.45) is 0 Å². The molecule has 4 N–H and O–H groups in total. The lowest BCUT2D eigenvalue weighted by molar-refractivity contribution is -0.150. The van der Waals surface area contributed by atoms with Gasteiger partial charge in [0.1, 0.15) is 12.1 Å². The fourth-order valence-corrected chi connectivity index (χ4v) is 7.78. The Morgan fingerprint density at radius 1 is 0.448 bits per heavy atom. The number of hydrogen-bond donors (Lipinski definition) is 4. The summed E-state index contributed by atoms with van der Waals surface area (Å²) in [5, 5.41) is 22.6. The zero-order valence-electron chi connectivity index (χ0n) is 38.1. The van der Waals surface area contributed by atoms with E-state index < -0.39 is 24.5 Å². The first kappa shape index (κ1) is 55.8. The van der Waals surface area contributed by atoms with Crippen LogP contribution in [0.1, 0.15) is 264 Å². The fraction of sp³-hybridized carbons (Fsp3) is 0.918. The topological polar surface area (TPSA) is 142 Å². The van der Waals surface area contributed by atoms with Gasteiger partial charge in [-0.25, -0.2) is 4.79 Å². The molecule has 0 aromatic carbocycles. The van der Waals surface area contributed by atoms with Gasteiger partial charge in [0.2, 0.25) is 11.8 Å². The van der Waals surface area contributed by atoms with Gasteiger partial charge >= 0.3 is 11.9 Å². The molecular weight excluding hydrogens is 729 g/mol. The molecule has 0 aliphatic carbocycles. The molecule has 0 radical (unpaired) electrons. The number of amides is 2. The number of aliphatic hydroxyl groups excluding tert-OH is 1. The number of unbranched alkanes of at least 4 members (excludes halogenated alkanes) is 32. The average molecular weight is 823 g/mol. The summed E-state index contributed by atoms with van der Waals surface area (Å²) in [5.41, 5.74) is 0. The first-order valence-electron chi connectivity index (χ1n) is 24.9. The van der Waals surface area contributed by atoms with E-state index in [1.54, 1.807) is 0 Å². The van der Waals surface area contributed by atoms with E-state index in [1.165, 1.54) is 173 Å². The van der Waals surface area contributed by atoms with Crippen LogP contribution in [0.5, 0.6) is 0 Å². The first-order chi connectivity index (χ1) is 28.3. The van der Waals surface area contributed by atoms with Gasteiger partial charge in [-0.15, -0.1) is 0 Å². The molecule has 0 rings (SSSR count). The number of aliphatic carboxylic acids is 1. The number of carboxylic acid groups (broad SMARTS) is 1. The van der Waals surface area contributed by atoms with Crippen molar-refractivity contribution in [3.05, 3.63) is 0 Å². The van der Waals surface area contributed by atoms with Crippen LogP contribution in [0.4, 0.5) is 0 Å². The van der Waals surface area contributed by atoms with E-state index in [0.29, 0.717) is 19.3 Å². The molecule has 9 heteroatoms. The molecule has 0 aliphatic rings. The van der Waals surface area contributed by atoms with Gasteiger partial charge in [0.25, 0.3) is 0 Å². The maximum absolute atomic E-state index is 12.8. The molecule has 0 aromatic rings. The zero-order chi connectivity index (χ0) is 42.6. The fourth-order valence-electron chi connectivity index (χ4n) is 7.78. The molecule has 342 valence electrons. The van der Waals surface area contributed by atoms with Crippen molar-refractivity contribution in [1.82, 2.24) is 10.6 Å². The second-order valence-electron chi connectivity index (χ2n) is 17.3. The Balaban J connectivity index is 4.02. The average Bonchev–Trinajstić information content (AvgIpc) is 3.21. The van der Waals surface area contributed by atoms with E-state index in [9.17, 15) is 19.2 Å². The number of carbonyl (C=O) groups is 4. The van der Waals surface area contributed by atoms with Crippen LogP contribution < -0.4 is 10.6 Å². The van der Waals surface area contributed by atoms with Crippen molar-refractivity contribution in [1.29, 1.82) is 0 Å². The molecule has 9 nitrogen and oxygen atoms in total. The van der Waals surface area contributed by atoms with Crippen LogP contribution in [-0.4, -0.2) is 59.3 Å². The Hall–Kier alpha value is -2.16. The maximum Gasteiger partial charge on any atom is 0.328 e. The third-order valence-electron chi connectivity index (χ3n) is 11.6. The minimum Gasteiger partial charge on any atom is -0.480 e. The summed E-state index contributed by atoms with van der Waals surface area (Å²) in [4.78, 5) is 47.6. The Morgan fingerprint density at radius 2 is 0.776 bits per heavy atom. The number of esters is 1. The van der Waals surface area contributed by atoms with Crippen molar-refractivity contribution in [2.45, 2.75) is 276 Å². The quantitative estimate of drug-likeness (QED) is 0.0354. The van der Waals surface area contributed by atoms with Crippen LogP contribution in [0.3, 0.4) is 0 Å². The number of aliphatic hydroxyl groups is 1. The molecule has 0 aliphatic heterocycles. The van der Waals surface area contributed by atoms with Gasteiger partial charge in [-0.2, -0.15) is 0 Å². The maximum atomic E-state index is 12.8. The van der Waals surface area contributed by atoms with Crippen LogP contribution >= 0.6 is 0 Å². The largest absolute Gasteiger partial charge is 0.480 e. The van der Waals surface area contributed by atoms with Gasteiger partial charge < -0.3 is 25.6 Å². The van der Waals surface area contributed by atoms with E-state index in [2.05, 4.69) is 24.5 Å². The Morgan fingerprint density at radius 3 is 1.12 bits per heavy atom. The molecule has 2 atom stereocenters. The second kappa shape index (κ2) is 44.4. The van der Waals surface area contributed by atoms with Crippen molar-refractivity contribution < 1.29 is 34.1 Å². The number of carboxylic acids is 1. The normalized spacial score (nSPS) is 12.3. The molecule has 58 heavy (non-hydrogen) atoms. The van der Waals surface area contributed by atoms with Gasteiger partial charge in [-0.3, -0.25) is 14.4 Å². The van der Waals surface area contributed by atoms with Crippen LogP contribution in [0.15, 0.2) is 0 Å². The zero-order valence-corrected chi connectivity index (χ0v) is 38.1. The number of nitrogens with one attached hydrogen (secondary N) is 2. The summed E-state index contributed by atoms with van der Waals surface area (Å²) in [5.74, 6) is -2.27. The van der Waals surface area contributed by atoms with Crippen molar-refractivity contribution >= 4 is 23.8 Å². The van der Waals surface area contributed by atoms with Crippen molar-refractivity contribution in [3.8, 4) is 0 Å². The summed E-state index contributed by atoms with van der Waals surface area (Å²) in [6.45, 7) is 3.51. The first-order valence-corrected chi connectivity index (χ1v) is 24.9. The van der Waals surface area contributed by atoms with Gasteiger partial charge in [-0.1, -0.05) is 213 Å². The summed E-state index contributed by atoms with van der Waals surface area (Å²) < 4.78 is 6.04. The highest BCUT2D eigenvalue weighted by Crippen LogP contribution is 2.19. The van der Waals surface area contributed by atoms with E-state index in [4.69, 9.17) is 14.9 Å². The van der Waals surface area contributed by atoms with Gasteiger partial charge in [-0.05, 0) is 38.5 Å². The predicted octanol–water partition coefficient (Wildman–Crippen LogP) is 12.8. The molecule has 0 saturated carbocycles. The van der Waals surface area contributed by atoms with E-state index >= 15 is 0 Å². The second-order valence-corrected chi connectivity index (χ2v) is 17.3. The highest BCUT2D eigenvalue weighted by Gasteiger charge is 2.19. The minimum absolute atomic E-state index is 0.00390. The molecule has 2 unspecified atom stereocenters. The summed E-state index contributed by atoms with van der Waals surface area (Å²) in [7, 11) is 0. The lowest BCUT2D eigenvalue weighted by atomic mass is 10.0. The van der Waals surface area contributed by atoms with Gasteiger partial charge in [0.05, 0.1) is 13.2 Å². The molecule has 0 saturated heterocycles. The van der Waals surface area contributed by atoms with E-state index in [-0.39, 0.29) is 24.5 Å². The van der Waals surface area contributed by atoms with Crippen LogP contribution in [0.2, 0.25) is 0 Å². The molecule has 0 heterocycles. The number of hydrogen-bond acceptors (Lipinski definition) is 6. The summed E-state index contributed by atoms with van der Waals surface area (Å²) in [6, 6.07) is -1.38. The molecule has 0 spiro atoms. The van der Waals surface area contributed by atoms with Crippen LogP contribution in [-0.2, 0) is 23.9 Å². The lowest BCUT2D eigenvalue weighted by Crippen LogP contribution is -2.47. The van der Waals surface area contributed by atoms with Crippen molar-refractivity contribution in [2.75, 3.05) is 13.2 Å². The molecule has 0 bridgehead atoms. The Labute approximate surface area is 357 Å². The third kappa shape index (κ3) is 40.6. The standard InChI is InChI=1S/C49H94N2O7/c1-3-5-7-9-11-13-14-15-16-17-18-19-20-21-22-23-24-25-26-28-33-37-41-48(55)58-44(38-34-30-27-12-10-8-6-4-2)39-35-31-29-32-36-40-46(53)50-42-47(54)51-45(43-52)49(56)57/h44-45,52H,3-43H2,1-2H3,(H,50,53)(H,51,54)(H,56,57). The molecule has 0 aromatic heterocycles. The molecular formula is C49H94N2O7. The SMILES string of the molecule is CCCCCCCCCCCCCCCCCCCCCCCCC(=O)OC(CCCCCCCCCC)CCCCCCCC(=O)NCC(=O)NC(CO)C(=O)O. The number of carbonyl (C=O) groups excluding carboxylic acids is 3. The number of ether oxygens (including phenoxy) is 1. The lowest BCUT2D eigenvalue weighted by Gasteiger charge is -2.18. The van der Waals surface area contributed by atoms with Gasteiger partial charge in [0, 0.05) is 12.8 Å². The summed E-state index contributed by atoms with van der Waals surface area (Å²) >= 11 is 0. The predicted molar refractivity (Wildman–Crippen MR) is 241 cm³/mol. The minimum atomic E-state index is -1.38. The monoisotopic (exact) mass is 823 g/mol. The van der Waals surface area contributed by atoms with Crippen molar-refractivity contribution in [3.63, 3.8) is 0 Å². The highest BCUT2D eigenvalue weighted by atomic mass is 16.5. The number of rotatable bonds is 46. The third-order valence-corrected chi connectivity index (χ3v) is 11.6. The highest BCUT2D eigenvalue weighted by molar-refractivity contribution is 5.87. The molecule has 2 amide bonds. The Kier molecular flexibility index (Phi) is 42.7.